The molecular formula is C18H19ClN2O5S2. The molecule has 2 aliphatic heterocycles. The van der Waals surface area contributed by atoms with Crippen LogP contribution >= 0.6 is 22.9 Å². The number of ether oxygens (including phenoxy) is 2. The molecule has 2 aromatic rings. The Morgan fingerprint density at radius 3 is 2.54 bits per heavy atom. The van der Waals surface area contributed by atoms with Crippen LogP contribution in [-0.4, -0.2) is 44.9 Å². The van der Waals surface area contributed by atoms with E-state index in [0.717, 1.165) is 24.2 Å². The fourth-order valence-corrected chi connectivity index (χ4v) is 6.39. The molecule has 0 atom stereocenters. The smallest absolute Gasteiger partial charge is 0.252 e. The Bertz CT molecular complexity index is 999. The normalized spacial score (nSPS) is 16.9. The molecule has 7 nitrogen and oxygen atoms in total. The van der Waals surface area contributed by atoms with Crippen LogP contribution in [0.25, 0.3) is 0 Å². The van der Waals surface area contributed by atoms with E-state index in [1.165, 1.54) is 4.31 Å². The van der Waals surface area contributed by atoms with Crippen molar-refractivity contribution >= 4 is 44.6 Å². The number of amides is 1. The van der Waals surface area contributed by atoms with Crippen LogP contribution in [0.1, 0.15) is 17.7 Å². The van der Waals surface area contributed by atoms with E-state index in [4.69, 9.17) is 21.1 Å². The summed E-state index contributed by atoms with van der Waals surface area (Å²) in [5.74, 6) is 0.788. The number of benzene rings is 1. The quantitative estimate of drug-likeness (QED) is 0.768. The molecule has 0 radical (unpaired) electrons. The molecule has 1 N–H and O–H groups in total. The first-order valence-corrected chi connectivity index (χ1v) is 11.5. The van der Waals surface area contributed by atoms with E-state index >= 15 is 0 Å². The minimum atomic E-state index is -3.46. The minimum absolute atomic E-state index is 0.0605. The monoisotopic (exact) mass is 442 g/mol. The van der Waals surface area contributed by atoms with Crippen molar-refractivity contribution in [3.63, 3.8) is 0 Å². The van der Waals surface area contributed by atoms with E-state index in [-0.39, 0.29) is 16.5 Å². The third kappa shape index (κ3) is 3.98. The summed E-state index contributed by atoms with van der Waals surface area (Å²) in [4.78, 5) is 13.1. The molecule has 10 heteroatoms. The lowest BCUT2D eigenvalue weighted by Gasteiger charge is -2.20. The highest BCUT2D eigenvalue weighted by Crippen LogP contribution is 2.38. The van der Waals surface area contributed by atoms with Crippen LogP contribution in [0.15, 0.2) is 28.5 Å². The van der Waals surface area contributed by atoms with Gasteiger partial charge in [-0.1, -0.05) is 11.6 Å². The summed E-state index contributed by atoms with van der Waals surface area (Å²) in [6.45, 7) is 2.00. The van der Waals surface area contributed by atoms with Crippen molar-refractivity contribution in [2.24, 2.45) is 0 Å². The summed E-state index contributed by atoms with van der Waals surface area (Å²) in [6, 6.07) is 6.49. The van der Waals surface area contributed by atoms with Crippen molar-refractivity contribution in [2.75, 3.05) is 31.6 Å². The zero-order chi connectivity index (χ0) is 19.7. The van der Waals surface area contributed by atoms with Crippen molar-refractivity contribution in [1.29, 1.82) is 0 Å². The number of rotatable bonds is 5. The van der Waals surface area contributed by atoms with Gasteiger partial charge >= 0.3 is 0 Å². The lowest BCUT2D eigenvalue weighted by atomic mass is 10.2. The number of thiophene rings is 1. The molecule has 1 saturated heterocycles. The molecule has 150 valence electrons. The predicted molar refractivity (Wildman–Crippen MR) is 107 cm³/mol. The van der Waals surface area contributed by atoms with Gasteiger partial charge in [-0.2, -0.15) is 4.31 Å². The maximum Gasteiger partial charge on any atom is 0.252 e. The average molecular weight is 443 g/mol. The summed E-state index contributed by atoms with van der Waals surface area (Å²) in [5, 5.41) is 3.10. The highest BCUT2D eigenvalue weighted by molar-refractivity contribution is 7.91. The van der Waals surface area contributed by atoms with E-state index in [2.05, 4.69) is 5.32 Å². The largest absolute Gasteiger partial charge is 0.486 e. The number of fused-ring (bicyclic) bond motifs is 1. The first-order chi connectivity index (χ1) is 13.4. The van der Waals surface area contributed by atoms with E-state index in [9.17, 15) is 13.2 Å². The highest BCUT2D eigenvalue weighted by Gasteiger charge is 2.28. The first-order valence-electron chi connectivity index (χ1n) is 8.91. The topological polar surface area (TPSA) is 84.9 Å². The van der Waals surface area contributed by atoms with Gasteiger partial charge in [0, 0.05) is 30.1 Å². The SMILES string of the molecule is O=C(Cc1ccc(S(=O)(=O)N2CCCC2)s1)Nc1cc2c(cc1Cl)OCCO2. The molecular weight excluding hydrogens is 424 g/mol. The fourth-order valence-electron chi connectivity index (χ4n) is 3.16. The van der Waals surface area contributed by atoms with Gasteiger partial charge in [-0.15, -0.1) is 11.3 Å². The van der Waals surface area contributed by atoms with Gasteiger partial charge in [-0.3, -0.25) is 4.79 Å². The van der Waals surface area contributed by atoms with Crippen molar-refractivity contribution in [3.8, 4) is 11.5 Å². The molecule has 1 aromatic heterocycles. The minimum Gasteiger partial charge on any atom is -0.486 e. The Hall–Kier alpha value is -1.81. The number of carbonyl (C=O) groups excluding carboxylic acids is 1. The Morgan fingerprint density at radius 2 is 1.82 bits per heavy atom. The Kier molecular flexibility index (Phi) is 5.50. The van der Waals surface area contributed by atoms with Crippen LogP contribution in [0.4, 0.5) is 5.69 Å². The first kappa shape index (κ1) is 19.5. The molecule has 0 saturated carbocycles. The molecule has 0 unspecified atom stereocenters. The maximum absolute atomic E-state index is 12.6. The highest BCUT2D eigenvalue weighted by atomic mass is 35.5. The number of hydrogen-bond donors (Lipinski definition) is 1. The third-order valence-electron chi connectivity index (χ3n) is 4.54. The van der Waals surface area contributed by atoms with Crippen molar-refractivity contribution in [2.45, 2.75) is 23.5 Å². The Balaban J connectivity index is 1.44. The second-order valence-corrected chi connectivity index (χ2v) is 10.3. The summed E-state index contributed by atoms with van der Waals surface area (Å²) in [5.41, 5.74) is 0.428. The van der Waals surface area contributed by atoms with E-state index in [1.807, 2.05) is 0 Å². The lowest BCUT2D eigenvalue weighted by molar-refractivity contribution is -0.115. The molecule has 0 spiro atoms. The van der Waals surface area contributed by atoms with Gasteiger partial charge in [0.2, 0.25) is 5.91 Å². The van der Waals surface area contributed by atoms with Crippen LogP contribution in [0.2, 0.25) is 5.02 Å². The van der Waals surface area contributed by atoms with Crippen LogP contribution < -0.4 is 14.8 Å². The van der Waals surface area contributed by atoms with Crippen LogP contribution in [0, 0.1) is 0 Å². The predicted octanol–water partition coefficient (Wildman–Crippen LogP) is 3.14. The lowest BCUT2D eigenvalue weighted by Crippen LogP contribution is -2.27. The van der Waals surface area contributed by atoms with Gasteiger partial charge in [-0.05, 0) is 25.0 Å². The number of hydrogen-bond acceptors (Lipinski definition) is 6. The number of nitrogens with zero attached hydrogens (tertiary/aromatic N) is 1. The Morgan fingerprint density at radius 1 is 1.14 bits per heavy atom. The molecule has 1 amide bonds. The van der Waals surface area contributed by atoms with Gasteiger partial charge in [0.25, 0.3) is 10.0 Å². The van der Waals surface area contributed by atoms with Crippen LogP contribution in [0.5, 0.6) is 11.5 Å². The van der Waals surface area contributed by atoms with E-state index < -0.39 is 10.0 Å². The fraction of sp³-hybridized carbons (Fsp3) is 0.389. The molecule has 4 rings (SSSR count). The summed E-state index contributed by atoms with van der Waals surface area (Å²) in [6.07, 6.45) is 1.83. The second-order valence-electron chi connectivity index (χ2n) is 6.53. The second kappa shape index (κ2) is 7.90. The molecule has 1 aromatic carbocycles. The molecule has 0 bridgehead atoms. The van der Waals surface area contributed by atoms with E-state index in [0.29, 0.717) is 53.4 Å². The van der Waals surface area contributed by atoms with Gasteiger partial charge in [-0.25, -0.2) is 8.42 Å². The maximum atomic E-state index is 12.6. The number of anilines is 1. The van der Waals surface area contributed by atoms with E-state index in [1.54, 1.807) is 24.3 Å². The van der Waals surface area contributed by atoms with Gasteiger partial charge < -0.3 is 14.8 Å². The summed E-state index contributed by atoms with van der Waals surface area (Å²) < 4.78 is 37.9. The van der Waals surface area contributed by atoms with Gasteiger partial charge in [0.05, 0.1) is 17.1 Å². The summed E-state index contributed by atoms with van der Waals surface area (Å²) >= 11 is 7.34. The molecule has 3 heterocycles. The molecule has 28 heavy (non-hydrogen) atoms. The molecule has 1 fully saturated rings. The molecule has 0 aliphatic carbocycles. The average Bonchev–Trinajstić information content (AvgIpc) is 3.34. The standard InChI is InChI=1S/C18H19ClN2O5S2/c19-13-10-15-16(26-8-7-25-15)11-14(13)20-17(22)9-12-3-4-18(27-12)28(23,24)21-5-1-2-6-21/h3-4,10-11H,1-2,5-9H2,(H,20,22). The van der Waals surface area contributed by atoms with Crippen molar-refractivity contribution in [3.05, 3.63) is 34.2 Å². The van der Waals surface area contributed by atoms with Gasteiger partial charge in [0.15, 0.2) is 11.5 Å². The Labute approximate surface area is 172 Å². The molecule has 2 aliphatic rings. The van der Waals surface area contributed by atoms with Crippen molar-refractivity contribution in [1.82, 2.24) is 4.31 Å². The van der Waals surface area contributed by atoms with Crippen LogP contribution in [-0.2, 0) is 21.2 Å². The van der Waals surface area contributed by atoms with Crippen molar-refractivity contribution < 1.29 is 22.7 Å². The zero-order valence-corrected chi connectivity index (χ0v) is 17.3. The number of carbonyl (C=O) groups is 1. The third-order valence-corrected chi connectivity index (χ3v) is 8.30. The number of sulfonamides is 1. The summed E-state index contributed by atoms with van der Waals surface area (Å²) in [7, 11) is -3.46. The zero-order valence-electron chi connectivity index (χ0n) is 14.9. The van der Waals surface area contributed by atoms with Crippen LogP contribution in [0.3, 0.4) is 0 Å². The number of nitrogens with one attached hydrogen (secondary N) is 1. The number of halogens is 1. The van der Waals surface area contributed by atoms with Gasteiger partial charge in [0.1, 0.15) is 17.4 Å².